The van der Waals surface area contributed by atoms with Crippen LogP contribution in [0.15, 0.2) is 35.3 Å². The van der Waals surface area contributed by atoms with Crippen LogP contribution in [0.2, 0.25) is 0 Å². The third-order valence-corrected chi connectivity index (χ3v) is 2.95. The van der Waals surface area contributed by atoms with Crippen molar-refractivity contribution in [3.05, 3.63) is 46.4 Å². The first-order chi connectivity index (χ1) is 9.16. The Balaban J connectivity index is 2.48. The molecule has 104 valence electrons. The molecule has 1 rings (SSSR count). The van der Waals surface area contributed by atoms with E-state index in [1.54, 1.807) is 12.1 Å². The highest BCUT2D eigenvalue weighted by molar-refractivity contribution is 5.67. The molecule has 1 aromatic rings. The Morgan fingerprint density at radius 2 is 2.05 bits per heavy atom. The molecule has 4 heteroatoms. The van der Waals surface area contributed by atoms with Gasteiger partial charge in [0.15, 0.2) is 0 Å². The Morgan fingerprint density at radius 3 is 2.74 bits per heavy atom. The van der Waals surface area contributed by atoms with Gasteiger partial charge in [0.05, 0.1) is 0 Å². The van der Waals surface area contributed by atoms with Crippen LogP contribution in [-0.4, -0.2) is 15.8 Å². The number of hydrogen-bond acceptors (Lipinski definition) is 2. The molecule has 1 heterocycles. The lowest BCUT2D eigenvalue weighted by molar-refractivity contribution is 0.195. The molecule has 1 aromatic heterocycles. The van der Waals surface area contributed by atoms with Crippen LogP contribution in [0.3, 0.4) is 0 Å². The van der Waals surface area contributed by atoms with E-state index in [-0.39, 0.29) is 0 Å². The molecule has 0 amide bonds. The number of carboxylic acid groups (broad SMARTS) is 1. The van der Waals surface area contributed by atoms with Crippen molar-refractivity contribution in [3.63, 3.8) is 0 Å². The average molecular weight is 263 g/mol. The van der Waals surface area contributed by atoms with Gasteiger partial charge < -0.3 is 5.11 Å². The van der Waals surface area contributed by atoms with E-state index in [9.17, 15) is 9.59 Å². The Labute approximate surface area is 113 Å². The Hall–Kier alpha value is -1.84. The van der Waals surface area contributed by atoms with E-state index in [1.165, 1.54) is 25.5 Å². The van der Waals surface area contributed by atoms with Crippen LogP contribution in [0.4, 0.5) is 4.79 Å². The highest BCUT2D eigenvalue weighted by atomic mass is 16.4. The van der Waals surface area contributed by atoms with Crippen LogP contribution in [-0.2, 0) is 6.42 Å². The minimum absolute atomic E-state index is 0.436. The number of aromatic nitrogens is 1. The molecule has 0 aliphatic carbocycles. The van der Waals surface area contributed by atoms with E-state index in [0.717, 1.165) is 17.4 Å². The summed E-state index contributed by atoms with van der Waals surface area (Å²) in [4.78, 5) is 22.6. The largest absolute Gasteiger partial charge is 0.464 e. The van der Waals surface area contributed by atoms with Crippen molar-refractivity contribution >= 4 is 6.09 Å². The summed E-state index contributed by atoms with van der Waals surface area (Å²) in [5.41, 5.74) is 0.109. The van der Waals surface area contributed by atoms with Crippen molar-refractivity contribution in [1.82, 2.24) is 4.57 Å². The first-order valence-electron chi connectivity index (χ1n) is 6.75. The van der Waals surface area contributed by atoms with Crippen molar-refractivity contribution in [2.45, 2.75) is 45.4 Å². The maximum atomic E-state index is 11.8. The third-order valence-electron chi connectivity index (χ3n) is 2.95. The van der Waals surface area contributed by atoms with E-state index in [0.29, 0.717) is 12.0 Å². The topological polar surface area (TPSA) is 59.3 Å². The van der Waals surface area contributed by atoms with Crippen LogP contribution in [0.5, 0.6) is 0 Å². The molecular formula is C15H21NO3. The average Bonchev–Trinajstić information content (AvgIpc) is 2.39. The van der Waals surface area contributed by atoms with Gasteiger partial charge in [0.1, 0.15) is 0 Å². The molecule has 0 saturated heterocycles. The number of carbonyl (C=O) groups is 1. The molecule has 1 N–H and O–H groups in total. The fraction of sp³-hybridized carbons (Fsp3) is 0.467. The molecular weight excluding hydrogens is 242 g/mol. The summed E-state index contributed by atoms with van der Waals surface area (Å²) in [6, 6.07) is 3.28. The van der Waals surface area contributed by atoms with Crippen molar-refractivity contribution in [2.24, 2.45) is 0 Å². The Kier molecular flexibility index (Phi) is 6.64. The first-order valence-corrected chi connectivity index (χ1v) is 6.75. The zero-order valence-electron chi connectivity index (χ0n) is 11.3. The van der Waals surface area contributed by atoms with Crippen LogP contribution in [0, 0.1) is 0 Å². The normalized spacial score (nSPS) is 11.0. The predicted molar refractivity (Wildman–Crippen MR) is 75.7 cm³/mol. The van der Waals surface area contributed by atoms with Gasteiger partial charge in [-0.3, -0.25) is 4.79 Å². The number of pyridine rings is 1. The van der Waals surface area contributed by atoms with E-state index < -0.39 is 11.7 Å². The molecule has 0 aliphatic heterocycles. The molecule has 0 atom stereocenters. The van der Waals surface area contributed by atoms with Gasteiger partial charge >= 0.3 is 6.09 Å². The zero-order chi connectivity index (χ0) is 14.1. The predicted octanol–water partition coefficient (Wildman–Crippen LogP) is 3.44. The van der Waals surface area contributed by atoms with Crippen LogP contribution in [0.25, 0.3) is 0 Å². The SMILES string of the molecule is CCCCCC=CCCc1cccn(C(=O)O)c1=O. The molecule has 0 unspecified atom stereocenters. The van der Waals surface area contributed by atoms with Gasteiger partial charge in [0, 0.05) is 11.8 Å². The van der Waals surface area contributed by atoms with Crippen LogP contribution in [0.1, 0.15) is 44.6 Å². The molecule has 19 heavy (non-hydrogen) atoms. The summed E-state index contributed by atoms with van der Waals surface area (Å²) in [5, 5.41) is 8.83. The monoisotopic (exact) mass is 263 g/mol. The molecule has 4 nitrogen and oxygen atoms in total. The van der Waals surface area contributed by atoms with Gasteiger partial charge in [-0.15, -0.1) is 0 Å². The van der Waals surface area contributed by atoms with Crippen molar-refractivity contribution in [2.75, 3.05) is 0 Å². The van der Waals surface area contributed by atoms with Gasteiger partial charge in [0.2, 0.25) is 0 Å². The van der Waals surface area contributed by atoms with E-state index in [4.69, 9.17) is 5.11 Å². The highest BCUT2D eigenvalue weighted by Crippen LogP contribution is 2.02. The Morgan fingerprint density at radius 1 is 1.32 bits per heavy atom. The van der Waals surface area contributed by atoms with Crippen molar-refractivity contribution in [3.8, 4) is 0 Å². The lowest BCUT2D eigenvalue weighted by Crippen LogP contribution is -2.27. The van der Waals surface area contributed by atoms with E-state index >= 15 is 0 Å². The van der Waals surface area contributed by atoms with E-state index in [1.807, 2.05) is 0 Å². The second-order valence-electron chi connectivity index (χ2n) is 4.50. The number of allylic oxidation sites excluding steroid dienone is 2. The van der Waals surface area contributed by atoms with Crippen molar-refractivity contribution in [1.29, 1.82) is 0 Å². The summed E-state index contributed by atoms with van der Waals surface area (Å²) in [6.45, 7) is 2.17. The fourth-order valence-electron chi connectivity index (χ4n) is 1.87. The lowest BCUT2D eigenvalue weighted by Gasteiger charge is -2.01. The van der Waals surface area contributed by atoms with Crippen LogP contribution < -0.4 is 5.56 Å². The number of hydrogen-bond donors (Lipinski definition) is 1. The summed E-state index contributed by atoms with van der Waals surface area (Å²) in [5.74, 6) is 0. The van der Waals surface area contributed by atoms with Gasteiger partial charge in [0.25, 0.3) is 5.56 Å². The minimum atomic E-state index is -1.23. The lowest BCUT2D eigenvalue weighted by atomic mass is 10.1. The fourth-order valence-corrected chi connectivity index (χ4v) is 1.87. The van der Waals surface area contributed by atoms with Gasteiger partial charge in [-0.1, -0.05) is 38.0 Å². The molecule has 0 saturated carbocycles. The molecule has 0 radical (unpaired) electrons. The van der Waals surface area contributed by atoms with E-state index in [2.05, 4.69) is 19.1 Å². The summed E-state index contributed by atoms with van der Waals surface area (Å²) in [6.07, 6.45) is 10.3. The summed E-state index contributed by atoms with van der Waals surface area (Å²) in [7, 11) is 0. The van der Waals surface area contributed by atoms with Gasteiger partial charge in [-0.05, 0) is 31.7 Å². The summed E-state index contributed by atoms with van der Waals surface area (Å²) < 4.78 is 0.723. The maximum Gasteiger partial charge on any atom is 0.418 e. The molecule has 0 fully saturated rings. The number of rotatable bonds is 7. The second-order valence-corrected chi connectivity index (χ2v) is 4.50. The van der Waals surface area contributed by atoms with Crippen molar-refractivity contribution < 1.29 is 9.90 Å². The Bertz CT molecular complexity index is 488. The number of unbranched alkanes of at least 4 members (excludes halogenated alkanes) is 3. The molecule has 0 spiro atoms. The number of aryl methyl sites for hydroxylation is 1. The standard InChI is InChI=1S/C15H21NO3/c1-2-3-4-5-6-7-8-10-13-11-9-12-16(14(13)17)15(18)19/h6-7,9,11-12H,2-5,8,10H2,1H3,(H,18,19). The van der Waals surface area contributed by atoms with Crippen LogP contribution >= 0.6 is 0 Å². The number of nitrogens with zero attached hydrogens (tertiary/aromatic N) is 1. The first kappa shape index (κ1) is 15.2. The third kappa shape index (κ3) is 5.12. The molecule has 0 bridgehead atoms. The van der Waals surface area contributed by atoms with Gasteiger partial charge in [-0.2, -0.15) is 0 Å². The second kappa shape index (κ2) is 8.29. The summed E-state index contributed by atoms with van der Waals surface area (Å²) >= 11 is 0. The minimum Gasteiger partial charge on any atom is -0.464 e. The zero-order valence-corrected chi connectivity index (χ0v) is 11.3. The maximum absolute atomic E-state index is 11.8. The van der Waals surface area contributed by atoms with Gasteiger partial charge in [-0.25, -0.2) is 9.36 Å². The quantitative estimate of drug-likeness (QED) is 0.605. The molecule has 0 aromatic carbocycles. The smallest absolute Gasteiger partial charge is 0.418 e. The molecule has 0 aliphatic rings. The highest BCUT2D eigenvalue weighted by Gasteiger charge is 2.06.